The van der Waals surface area contributed by atoms with Crippen LogP contribution in [0.25, 0.3) is 0 Å². The highest BCUT2D eigenvalue weighted by Crippen LogP contribution is 2.33. The first-order chi connectivity index (χ1) is 9.60. The van der Waals surface area contributed by atoms with E-state index in [-0.39, 0.29) is 0 Å². The van der Waals surface area contributed by atoms with E-state index in [0.29, 0.717) is 6.04 Å². The lowest BCUT2D eigenvalue weighted by Crippen LogP contribution is -2.17. The van der Waals surface area contributed by atoms with E-state index in [2.05, 4.69) is 59.4 Å². The molecule has 1 unspecified atom stereocenters. The molecule has 0 saturated carbocycles. The van der Waals surface area contributed by atoms with Crippen molar-refractivity contribution in [2.24, 2.45) is 0 Å². The standard InChI is InChI=1S/C16H17BrClNS/c1-3-19-11(2)15-8-7-14(10-16(15)17)20-13-6-4-5-12(18)9-13/h4-11,19H,3H2,1-2H3. The van der Waals surface area contributed by atoms with E-state index in [1.54, 1.807) is 11.8 Å². The van der Waals surface area contributed by atoms with Crippen molar-refractivity contribution in [1.82, 2.24) is 5.32 Å². The Morgan fingerprint density at radius 1 is 1.20 bits per heavy atom. The van der Waals surface area contributed by atoms with Gasteiger partial charge in [0.2, 0.25) is 0 Å². The Bertz CT molecular complexity index is 588. The molecule has 0 saturated heterocycles. The molecule has 1 N–H and O–H groups in total. The average Bonchev–Trinajstić information content (AvgIpc) is 2.39. The number of rotatable bonds is 5. The van der Waals surface area contributed by atoms with Crippen LogP contribution in [-0.2, 0) is 0 Å². The molecule has 0 aliphatic rings. The highest BCUT2D eigenvalue weighted by atomic mass is 79.9. The largest absolute Gasteiger partial charge is 0.310 e. The fourth-order valence-corrected chi connectivity index (χ4v) is 4.05. The lowest BCUT2D eigenvalue weighted by Gasteiger charge is -2.15. The molecular formula is C16H17BrClNS. The van der Waals surface area contributed by atoms with Gasteiger partial charge in [0.05, 0.1) is 0 Å². The van der Waals surface area contributed by atoms with Crippen molar-refractivity contribution >= 4 is 39.3 Å². The molecule has 2 aromatic carbocycles. The summed E-state index contributed by atoms with van der Waals surface area (Å²) in [6, 6.07) is 14.7. The van der Waals surface area contributed by atoms with Gasteiger partial charge in [-0.15, -0.1) is 0 Å². The molecule has 0 aromatic heterocycles. The third kappa shape index (κ3) is 4.26. The summed E-state index contributed by atoms with van der Waals surface area (Å²) in [5.41, 5.74) is 1.28. The summed E-state index contributed by atoms with van der Waals surface area (Å²) in [7, 11) is 0. The predicted octanol–water partition coefficient (Wildman–Crippen LogP) is 5.92. The quantitative estimate of drug-likeness (QED) is 0.700. The van der Waals surface area contributed by atoms with E-state index < -0.39 is 0 Å². The first-order valence-corrected chi connectivity index (χ1v) is 8.55. The van der Waals surface area contributed by atoms with Crippen LogP contribution < -0.4 is 5.32 Å². The van der Waals surface area contributed by atoms with Crippen LogP contribution in [0.1, 0.15) is 25.5 Å². The molecular weight excluding hydrogens is 354 g/mol. The summed E-state index contributed by atoms with van der Waals surface area (Å²) in [6.45, 7) is 5.26. The molecule has 20 heavy (non-hydrogen) atoms. The molecule has 0 amide bonds. The Morgan fingerprint density at radius 2 is 1.95 bits per heavy atom. The van der Waals surface area contributed by atoms with E-state index in [0.717, 1.165) is 20.9 Å². The summed E-state index contributed by atoms with van der Waals surface area (Å²) in [5.74, 6) is 0. The number of halogens is 2. The van der Waals surface area contributed by atoms with Crippen molar-refractivity contribution in [3.8, 4) is 0 Å². The van der Waals surface area contributed by atoms with Crippen LogP contribution >= 0.6 is 39.3 Å². The number of nitrogens with one attached hydrogen (secondary N) is 1. The molecule has 2 aromatic rings. The Morgan fingerprint density at radius 3 is 2.60 bits per heavy atom. The smallest absolute Gasteiger partial charge is 0.0417 e. The Balaban J connectivity index is 2.17. The van der Waals surface area contributed by atoms with Gasteiger partial charge in [-0.3, -0.25) is 0 Å². The molecule has 0 radical (unpaired) electrons. The van der Waals surface area contributed by atoms with Gasteiger partial charge in [0.15, 0.2) is 0 Å². The molecule has 1 atom stereocenters. The maximum absolute atomic E-state index is 6.01. The van der Waals surface area contributed by atoms with Gasteiger partial charge >= 0.3 is 0 Å². The third-order valence-electron chi connectivity index (χ3n) is 2.98. The average molecular weight is 371 g/mol. The molecule has 0 spiro atoms. The van der Waals surface area contributed by atoms with E-state index in [1.165, 1.54) is 10.5 Å². The fraction of sp³-hybridized carbons (Fsp3) is 0.250. The first-order valence-electron chi connectivity index (χ1n) is 6.56. The molecule has 2 rings (SSSR count). The monoisotopic (exact) mass is 369 g/mol. The van der Waals surface area contributed by atoms with Crippen molar-refractivity contribution < 1.29 is 0 Å². The number of hydrogen-bond acceptors (Lipinski definition) is 2. The topological polar surface area (TPSA) is 12.0 Å². The summed E-state index contributed by atoms with van der Waals surface area (Å²) < 4.78 is 1.14. The minimum absolute atomic E-state index is 0.347. The maximum atomic E-state index is 6.01. The molecule has 0 fully saturated rings. The molecule has 1 nitrogen and oxygen atoms in total. The van der Waals surface area contributed by atoms with Gasteiger partial charge in [0.25, 0.3) is 0 Å². The van der Waals surface area contributed by atoms with E-state index in [4.69, 9.17) is 11.6 Å². The van der Waals surface area contributed by atoms with Crippen molar-refractivity contribution in [3.05, 3.63) is 57.5 Å². The van der Waals surface area contributed by atoms with Crippen LogP contribution in [0.3, 0.4) is 0 Å². The lowest BCUT2D eigenvalue weighted by atomic mass is 10.1. The van der Waals surface area contributed by atoms with E-state index in [9.17, 15) is 0 Å². The zero-order chi connectivity index (χ0) is 14.5. The summed E-state index contributed by atoms with van der Waals surface area (Å²) >= 11 is 11.4. The minimum Gasteiger partial charge on any atom is -0.310 e. The number of benzene rings is 2. The van der Waals surface area contributed by atoms with Gasteiger partial charge in [-0.2, -0.15) is 0 Å². The fourth-order valence-electron chi connectivity index (χ4n) is 2.01. The Labute approximate surface area is 138 Å². The normalized spacial score (nSPS) is 12.4. The second kappa shape index (κ2) is 7.51. The third-order valence-corrected chi connectivity index (χ3v) is 4.88. The summed E-state index contributed by atoms with van der Waals surface area (Å²) in [5, 5.41) is 4.19. The molecule has 106 valence electrons. The van der Waals surface area contributed by atoms with Gasteiger partial charge in [0.1, 0.15) is 0 Å². The van der Waals surface area contributed by atoms with E-state index in [1.807, 2.05) is 18.2 Å². The maximum Gasteiger partial charge on any atom is 0.0417 e. The van der Waals surface area contributed by atoms with Crippen LogP contribution in [0.5, 0.6) is 0 Å². The van der Waals surface area contributed by atoms with Crippen molar-refractivity contribution in [2.45, 2.75) is 29.7 Å². The van der Waals surface area contributed by atoms with Crippen LogP contribution in [0, 0.1) is 0 Å². The van der Waals surface area contributed by atoms with Crippen LogP contribution in [0.2, 0.25) is 5.02 Å². The number of hydrogen-bond donors (Lipinski definition) is 1. The molecule has 0 aliphatic carbocycles. The van der Waals surface area contributed by atoms with Crippen molar-refractivity contribution in [3.63, 3.8) is 0 Å². The van der Waals surface area contributed by atoms with Crippen LogP contribution in [-0.4, -0.2) is 6.54 Å². The highest BCUT2D eigenvalue weighted by molar-refractivity contribution is 9.10. The van der Waals surface area contributed by atoms with Crippen LogP contribution in [0.4, 0.5) is 0 Å². The van der Waals surface area contributed by atoms with Crippen molar-refractivity contribution in [2.75, 3.05) is 6.54 Å². The van der Waals surface area contributed by atoms with Gasteiger partial charge < -0.3 is 5.32 Å². The summed E-state index contributed by atoms with van der Waals surface area (Å²) in [6.07, 6.45) is 0. The second-order valence-electron chi connectivity index (χ2n) is 4.52. The van der Waals surface area contributed by atoms with Crippen molar-refractivity contribution in [1.29, 1.82) is 0 Å². The highest BCUT2D eigenvalue weighted by Gasteiger charge is 2.09. The van der Waals surface area contributed by atoms with Gasteiger partial charge in [-0.1, -0.05) is 58.3 Å². The van der Waals surface area contributed by atoms with Gasteiger partial charge in [-0.05, 0) is 49.4 Å². The Hall–Kier alpha value is -0.480. The zero-order valence-corrected chi connectivity index (χ0v) is 14.6. The minimum atomic E-state index is 0.347. The zero-order valence-electron chi connectivity index (χ0n) is 11.5. The second-order valence-corrected chi connectivity index (χ2v) is 6.96. The van der Waals surface area contributed by atoms with Gasteiger partial charge in [0, 0.05) is 25.3 Å². The summed E-state index contributed by atoms with van der Waals surface area (Å²) in [4.78, 5) is 2.35. The van der Waals surface area contributed by atoms with Crippen LogP contribution in [0.15, 0.2) is 56.7 Å². The van der Waals surface area contributed by atoms with E-state index >= 15 is 0 Å². The van der Waals surface area contributed by atoms with Gasteiger partial charge in [-0.25, -0.2) is 0 Å². The lowest BCUT2D eigenvalue weighted by molar-refractivity contribution is 0.595. The molecule has 4 heteroatoms. The molecule has 0 aliphatic heterocycles. The predicted molar refractivity (Wildman–Crippen MR) is 91.8 cm³/mol. The molecule has 0 heterocycles. The first kappa shape index (κ1) is 15.9. The SMILES string of the molecule is CCNC(C)c1ccc(Sc2cccc(Cl)c2)cc1Br. The Kier molecular flexibility index (Phi) is 5.97. The molecule has 0 bridgehead atoms.